The molecule has 112 valence electrons. The second-order valence-electron chi connectivity index (χ2n) is 4.45. The minimum Gasteiger partial charge on any atom is -0.346 e. The number of carbonyl (C=O) groups is 1. The van der Waals surface area contributed by atoms with Crippen LogP contribution in [0.2, 0.25) is 0 Å². The Bertz CT molecular complexity index is 685. The van der Waals surface area contributed by atoms with Gasteiger partial charge < -0.3 is 10.6 Å². The van der Waals surface area contributed by atoms with Crippen LogP contribution in [0, 0.1) is 0 Å². The monoisotopic (exact) mass is 372 g/mol. The maximum absolute atomic E-state index is 12.0. The van der Waals surface area contributed by atoms with Gasteiger partial charge in [-0.1, -0.05) is 11.6 Å². The third-order valence-corrected chi connectivity index (χ3v) is 3.41. The summed E-state index contributed by atoms with van der Waals surface area (Å²) in [6.45, 7) is 2.34. The van der Waals surface area contributed by atoms with Gasteiger partial charge in [0, 0.05) is 25.5 Å². The van der Waals surface area contributed by atoms with Gasteiger partial charge in [0.1, 0.15) is 0 Å². The van der Waals surface area contributed by atoms with Crippen molar-refractivity contribution in [2.45, 2.75) is 6.42 Å². The van der Waals surface area contributed by atoms with E-state index in [0.717, 1.165) is 24.0 Å². The lowest BCUT2D eigenvalue weighted by Crippen LogP contribution is -2.30. The maximum atomic E-state index is 12.0. The van der Waals surface area contributed by atoms with E-state index >= 15 is 0 Å². The van der Waals surface area contributed by atoms with Gasteiger partial charge in [0.05, 0.1) is 4.47 Å². The van der Waals surface area contributed by atoms with Crippen molar-refractivity contribution in [1.82, 2.24) is 30.2 Å². The zero-order valence-electron chi connectivity index (χ0n) is 11.0. The predicted molar refractivity (Wildman–Crippen MR) is 83.6 cm³/mol. The normalized spacial score (nSPS) is 14.4. The fraction of sp³-hybridized carbons (Fsp3) is 0.333. The van der Waals surface area contributed by atoms with Crippen LogP contribution in [0.15, 0.2) is 28.5 Å². The number of nitrogens with one attached hydrogen (secondary N) is 2. The van der Waals surface area contributed by atoms with Gasteiger partial charge in [-0.05, 0) is 28.9 Å². The summed E-state index contributed by atoms with van der Waals surface area (Å²) in [5, 5.41) is 10.2. The van der Waals surface area contributed by atoms with E-state index in [1.54, 1.807) is 12.4 Å². The van der Waals surface area contributed by atoms with Crippen LogP contribution in [0.1, 0.15) is 17.0 Å². The van der Waals surface area contributed by atoms with E-state index in [1.807, 2.05) is 0 Å². The molecular formula is C12H14BrClN6O. The SMILES string of the molecule is Cl.O=C(NCC1=CCNCC1)c1nc2ncc(Br)cn2n1. The molecule has 0 atom stereocenters. The number of hydrogen-bond donors (Lipinski definition) is 2. The maximum Gasteiger partial charge on any atom is 0.291 e. The molecule has 7 nitrogen and oxygen atoms in total. The molecule has 1 aliphatic rings. The number of nitrogens with zero attached hydrogens (tertiary/aromatic N) is 4. The Morgan fingerprint density at radius 2 is 2.38 bits per heavy atom. The number of carbonyl (C=O) groups excluding carboxylic acids is 1. The fourth-order valence-corrected chi connectivity index (χ4v) is 2.25. The lowest BCUT2D eigenvalue weighted by Gasteiger charge is -2.13. The minimum atomic E-state index is -0.286. The molecule has 1 amide bonds. The van der Waals surface area contributed by atoms with Gasteiger partial charge in [-0.25, -0.2) is 9.50 Å². The highest BCUT2D eigenvalue weighted by atomic mass is 79.9. The molecule has 0 radical (unpaired) electrons. The summed E-state index contributed by atoms with van der Waals surface area (Å²) in [7, 11) is 0. The quantitative estimate of drug-likeness (QED) is 0.783. The molecule has 9 heteroatoms. The summed E-state index contributed by atoms with van der Waals surface area (Å²) < 4.78 is 2.25. The smallest absolute Gasteiger partial charge is 0.291 e. The Morgan fingerprint density at radius 1 is 1.52 bits per heavy atom. The molecule has 0 bridgehead atoms. The van der Waals surface area contributed by atoms with Crippen LogP contribution in [-0.4, -0.2) is 45.1 Å². The molecule has 0 aromatic carbocycles. The molecule has 3 heterocycles. The number of fused-ring (bicyclic) bond motifs is 1. The molecule has 0 saturated carbocycles. The molecule has 0 aliphatic carbocycles. The molecule has 1 aliphatic heterocycles. The van der Waals surface area contributed by atoms with Crippen LogP contribution >= 0.6 is 28.3 Å². The first-order valence-corrected chi connectivity index (χ1v) is 7.06. The summed E-state index contributed by atoms with van der Waals surface area (Å²) >= 11 is 3.30. The van der Waals surface area contributed by atoms with Crippen molar-refractivity contribution in [1.29, 1.82) is 0 Å². The largest absolute Gasteiger partial charge is 0.346 e. The Morgan fingerprint density at radius 3 is 3.14 bits per heavy atom. The summed E-state index contributed by atoms with van der Waals surface area (Å²) in [6, 6.07) is 0. The second kappa shape index (κ2) is 6.97. The van der Waals surface area contributed by atoms with E-state index < -0.39 is 0 Å². The average molecular weight is 374 g/mol. The van der Waals surface area contributed by atoms with Crippen molar-refractivity contribution >= 4 is 40.0 Å². The van der Waals surface area contributed by atoms with Crippen molar-refractivity contribution in [2.24, 2.45) is 0 Å². The average Bonchev–Trinajstić information content (AvgIpc) is 2.89. The van der Waals surface area contributed by atoms with Gasteiger partial charge in [0.15, 0.2) is 0 Å². The molecule has 0 unspecified atom stereocenters. The number of hydrogen-bond acceptors (Lipinski definition) is 5. The van der Waals surface area contributed by atoms with Crippen molar-refractivity contribution < 1.29 is 4.79 Å². The predicted octanol–water partition coefficient (Wildman–Crippen LogP) is 0.958. The molecule has 3 rings (SSSR count). The second-order valence-corrected chi connectivity index (χ2v) is 5.37. The fourth-order valence-electron chi connectivity index (χ4n) is 1.96. The molecule has 2 N–H and O–H groups in total. The van der Waals surface area contributed by atoms with Crippen LogP contribution in [0.5, 0.6) is 0 Å². The highest BCUT2D eigenvalue weighted by Crippen LogP contribution is 2.08. The van der Waals surface area contributed by atoms with Crippen molar-refractivity contribution in [3.05, 3.63) is 34.3 Å². The summed E-state index contributed by atoms with van der Waals surface area (Å²) in [5.41, 5.74) is 1.22. The van der Waals surface area contributed by atoms with E-state index in [2.05, 4.69) is 47.7 Å². The molecule has 0 saturated heterocycles. The number of aromatic nitrogens is 4. The molecule has 2 aromatic heterocycles. The molecule has 21 heavy (non-hydrogen) atoms. The van der Waals surface area contributed by atoms with Crippen LogP contribution in [-0.2, 0) is 0 Å². The summed E-state index contributed by atoms with van der Waals surface area (Å²) in [6.07, 6.45) is 6.37. The van der Waals surface area contributed by atoms with Gasteiger partial charge in [-0.15, -0.1) is 17.5 Å². The van der Waals surface area contributed by atoms with Gasteiger partial charge in [0.2, 0.25) is 5.82 Å². The highest BCUT2D eigenvalue weighted by Gasteiger charge is 2.14. The van der Waals surface area contributed by atoms with Gasteiger partial charge >= 0.3 is 0 Å². The van der Waals surface area contributed by atoms with E-state index in [0.29, 0.717) is 12.3 Å². The standard InChI is InChI=1S/C12H13BrN6O.ClH/c13-9-6-16-12-17-10(18-19(12)7-9)11(20)15-5-8-1-3-14-4-2-8;/h1,6-7,14H,2-5H2,(H,15,20);1H. The zero-order valence-corrected chi connectivity index (χ0v) is 13.4. The van der Waals surface area contributed by atoms with E-state index in [-0.39, 0.29) is 24.1 Å². The first kappa shape index (κ1) is 15.9. The van der Waals surface area contributed by atoms with Crippen molar-refractivity contribution in [3.8, 4) is 0 Å². The molecular weight excluding hydrogens is 360 g/mol. The lowest BCUT2D eigenvalue weighted by atomic mass is 10.1. The minimum absolute atomic E-state index is 0. The van der Waals surface area contributed by atoms with E-state index in [4.69, 9.17) is 0 Å². The van der Waals surface area contributed by atoms with Crippen LogP contribution in [0.25, 0.3) is 5.78 Å². The van der Waals surface area contributed by atoms with Crippen LogP contribution in [0.3, 0.4) is 0 Å². The first-order valence-electron chi connectivity index (χ1n) is 6.27. The zero-order chi connectivity index (χ0) is 13.9. The Balaban J connectivity index is 0.00000161. The molecule has 0 spiro atoms. The van der Waals surface area contributed by atoms with Gasteiger partial charge in [-0.3, -0.25) is 4.79 Å². The van der Waals surface area contributed by atoms with Gasteiger partial charge in [-0.2, -0.15) is 4.98 Å². The Hall–Kier alpha value is -1.51. The topological polar surface area (TPSA) is 84.2 Å². The molecule has 2 aromatic rings. The number of halogens is 2. The molecule has 0 fully saturated rings. The summed E-state index contributed by atoms with van der Waals surface area (Å²) in [5.74, 6) is 0.246. The van der Waals surface area contributed by atoms with Gasteiger partial charge in [0.25, 0.3) is 11.7 Å². The Kier molecular flexibility index (Phi) is 5.27. The number of rotatable bonds is 3. The number of amides is 1. The van der Waals surface area contributed by atoms with Crippen LogP contribution in [0.4, 0.5) is 0 Å². The lowest BCUT2D eigenvalue weighted by molar-refractivity contribution is 0.0946. The van der Waals surface area contributed by atoms with Crippen molar-refractivity contribution in [2.75, 3.05) is 19.6 Å². The summed E-state index contributed by atoms with van der Waals surface area (Å²) in [4.78, 5) is 20.2. The third kappa shape index (κ3) is 3.78. The highest BCUT2D eigenvalue weighted by molar-refractivity contribution is 9.10. The van der Waals surface area contributed by atoms with Crippen LogP contribution < -0.4 is 10.6 Å². The first-order chi connectivity index (χ1) is 9.72. The third-order valence-electron chi connectivity index (χ3n) is 3.00. The van der Waals surface area contributed by atoms with Crippen molar-refractivity contribution in [3.63, 3.8) is 0 Å². The Labute approximate surface area is 135 Å². The van der Waals surface area contributed by atoms with E-state index in [9.17, 15) is 4.79 Å². The van der Waals surface area contributed by atoms with E-state index in [1.165, 1.54) is 10.1 Å².